The number of ether oxygens (including phenoxy) is 2. The predicted molar refractivity (Wildman–Crippen MR) is 118 cm³/mol. The number of nitrogens with zero attached hydrogens (tertiary/aromatic N) is 3. The summed E-state index contributed by atoms with van der Waals surface area (Å²) in [6.07, 6.45) is 2.03. The highest BCUT2D eigenvalue weighted by molar-refractivity contribution is 5.89. The molecule has 3 aliphatic rings. The van der Waals surface area contributed by atoms with E-state index in [2.05, 4.69) is 0 Å². The van der Waals surface area contributed by atoms with Gasteiger partial charge < -0.3 is 24.2 Å². The van der Waals surface area contributed by atoms with Crippen LogP contribution in [0, 0.1) is 17.3 Å². The first-order valence-corrected chi connectivity index (χ1v) is 11.5. The van der Waals surface area contributed by atoms with Crippen LogP contribution in [0.2, 0.25) is 0 Å². The Hall–Kier alpha value is -2.77. The van der Waals surface area contributed by atoms with E-state index in [4.69, 9.17) is 9.47 Å². The molecule has 3 fully saturated rings. The summed E-state index contributed by atoms with van der Waals surface area (Å²) in [6, 6.07) is 7.09. The van der Waals surface area contributed by atoms with Gasteiger partial charge in [0, 0.05) is 51.1 Å². The van der Waals surface area contributed by atoms with E-state index in [1.54, 1.807) is 36.3 Å². The Morgan fingerprint density at radius 3 is 2.19 bits per heavy atom. The van der Waals surface area contributed by atoms with Crippen molar-refractivity contribution in [2.45, 2.75) is 26.7 Å². The number of carbonyl (C=O) groups is 3. The topological polar surface area (TPSA) is 79.4 Å². The Morgan fingerprint density at radius 2 is 1.56 bits per heavy atom. The molecule has 0 N–H and O–H groups in total. The summed E-state index contributed by atoms with van der Waals surface area (Å²) in [5.41, 5.74) is -0.704. The molecule has 1 aromatic carbocycles. The third-order valence-corrected chi connectivity index (χ3v) is 7.01. The fourth-order valence-electron chi connectivity index (χ4n) is 5.23. The van der Waals surface area contributed by atoms with E-state index < -0.39 is 5.41 Å². The fourth-order valence-corrected chi connectivity index (χ4v) is 5.23. The number of carbonyl (C=O) groups excluding carboxylic acids is 3. The number of likely N-dealkylation sites (tertiary alicyclic amines) is 3. The monoisotopic (exact) mass is 443 g/mol. The zero-order chi connectivity index (χ0) is 22.9. The van der Waals surface area contributed by atoms with Gasteiger partial charge in [0.1, 0.15) is 11.5 Å². The molecule has 0 aromatic heterocycles. The van der Waals surface area contributed by atoms with Gasteiger partial charge in [0.2, 0.25) is 11.8 Å². The summed E-state index contributed by atoms with van der Waals surface area (Å²) >= 11 is 0. The van der Waals surface area contributed by atoms with Gasteiger partial charge in [-0.1, -0.05) is 13.8 Å². The second-order valence-electron chi connectivity index (χ2n) is 9.46. The average molecular weight is 444 g/mol. The quantitative estimate of drug-likeness (QED) is 0.668. The minimum atomic E-state index is -0.704. The van der Waals surface area contributed by atoms with Gasteiger partial charge in [0.05, 0.1) is 12.5 Å². The summed E-state index contributed by atoms with van der Waals surface area (Å²) in [5.74, 6) is 1.21. The van der Waals surface area contributed by atoms with Crippen LogP contribution < -0.4 is 9.47 Å². The number of benzene rings is 1. The minimum Gasteiger partial charge on any atom is -0.497 e. The molecule has 2 atom stereocenters. The van der Waals surface area contributed by atoms with Crippen LogP contribution in [0.3, 0.4) is 0 Å². The normalized spacial score (nSPS) is 24.8. The molecule has 8 heteroatoms. The Balaban J connectivity index is 1.45. The maximum absolute atomic E-state index is 13.6. The molecule has 3 heterocycles. The highest BCUT2D eigenvalue weighted by Gasteiger charge is 2.60. The third-order valence-electron chi connectivity index (χ3n) is 7.01. The van der Waals surface area contributed by atoms with Crippen molar-refractivity contribution in [3.63, 3.8) is 0 Å². The molecule has 32 heavy (non-hydrogen) atoms. The standard InChI is InChI=1S/C24H33N3O5/c1-17(2)22(29)27-13-18-12-26(15-24(18,16-27)23(30)25-10-4-5-11-25)21(28)14-32-20-8-6-19(31-3)7-9-20/h6-9,17-18H,4-5,10-16H2,1-3H3/t18-,24-/m1/s1. The van der Waals surface area contributed by atoms with Gasteiger partial charge in [0.15, 0.2) is 6.61 Å². The molecule has 174 valence electrons. The van der Waals surface area contributed by atoms with Crippen LogP contribution in [0.15, 0.2) is 24.3 Å². The van der Waals surface area contributed by atoms with Crippen molar-refractivity contribution in [2.24, 2.45) is 17.3 Å². The first-order chi connectivity index (χ1) is 15.3. The molecule has 8 nitrogen and oxygen atoms in total. The maximum Gasteiger partial charge on any atom is 0.260 e. The summed E-state index contributed by atoms with van der Waals surface area (Å²) in [5, 5.41) is 0. The molecule has 4 rings (SSSR count). The van der Waals surface area contributed by atoms with Crippen LogP contribution in [0.25, 0.3) is 0 Å². The van der Waals surface area contributed by atoms with E-state index in [9.17, 15) is 14.4 Å². The lowest BCUT2D eigenvalue weighted by molar-refractivity contribution is -0.142. The summed E-state index contributed by atoms with van der Waals surface area (Å²) < 4.78 is 10.8. The van der Waals surface area contributed by atoms with Crippen LogP contribution >= 0.6 is 0 Å². The van der Waals surface area contributed by atoms with Crippen LogP contribution in [0.4, 0.5) is 0 Å². The first-order valence-electron chi connectivity index (χ1n) is 11.5. The summed E-state index contributed by atoms with van der Waals surface area (Å²) in [6.45, 7) is 6.97. The maximum atomic E-state index is 13.6. The van der Waals surface area contributed by atoms with Crippen molar-refractivity contribution in [1.82, 2.24) is 14.7 Å². The van der Waals surface area contributed by atoms with Gasteiger partial charge in [-0.2, -0.15) is 0 Å². The van der Waals surface area contributed by atoms with Gasteiger partial charge in [-0.05, 0) is 37.1 Å². The van der Waals surface area contributed by atoms with Crippen LogP contribution in [-0.4, -0.2) is 85.4 Å². The molecule has 0 radical (unpaired) electrons. The van der Waals surface area contributed by atoms with E-state index >= 15 is 0 Å². The largest absolute Gasteiger partial charge is 0.497 e. The minimum absolute atomic E-state index is 0.0387. The molecular formula is C24H33N3O5. The smallest absolute Gasteiger partial charge is 0.260 e. The molecule has 3 saturated heterocycles. The van der Waals surface area contributed by atoms with E-state index in [1.807, 2.05) is 23.6 Å². The lowest BCUT2D eigenvalue weighted by atomic mass is 9.79. The second-order valence-corrected chi connectivity index (χ2v) is 9.46. The molecule has 0 bridgehead atoms. The van der Waals surface area contributed by atoms with Crippen molar-refractivity contribution < 1.29 is 23.9 Å². The highest BCUT2D eigenvalue weighted by atomic mass is 16.5. The molecule has 0 saturated carbocycles. The summed E-state index contributed by atoms with van der Waals surface area (Å²) in [4.78, 5) is 44.7. The van der Waals surface area contributed by atoms with Gasteiger partial charge in [-0.25, -0.2) is 0 Å². The molecule has 3 aliphatic heterocycles. The van der Waals surface area contributed by atoms with Crippen LogP contribution in [0.5, 0.6) is 11.5 Å². The average Bonchev–Trinajstić information content (AvgIpc) is 3.52. The third kappa shape index (κ3) is 4.14. The number of rotatable bonds is 6. The lowest BCUT2D eigenvalue weighted by Crippen LogP contribution is -2.50. The van der Waals surface area contributed by atoms with Crippen molar-refractivity contribution in [2.75, 3.05) is 53.0 Å². The fraction of sp³-hybridized carbons (Fsp3) is 0.625. The number of hydrogen-bond acceptors (Lipinski definition) is 5. The van der Waals surface area contributed by atoms with Gasteiger partial charge >= 0.3 is 0 Å². The Kier molecular flexibility index (Phi) is 6.31. The Labute approximate surface area is 189 Å². The number of amides is 3. The van der Waals surface area contributed by atoms with Gasteiger partial charge in [-0.3, -0.25) is 14.4 Å². The molecule has 0 aliphatic carbocycles. The molecule has 0 unspecified atom stereocenters. The number of hydrogen-bond donors (Lipinski definition) is 0. The molecule has 0 spiro atoms. The van der Waals surface area contributed by atoms with E-state index in [0.29, 0.717) is 31.9 Å². The number of methoxy groups -OCH3 is 1. The van der Waals surface area contributed by atoms with E-state index in [1.165, 1.54) is 0 Å². The highest BCUT2D eigenvalue weighted by Crippen LogP contribution is 2.45. The molecule has 1 aromatic rings. The zero-order valence-electron chi connectivity index (χ0n) is 19.2. The van der Waals surface area contributed by atoms with E-state index in [0.717, 1.165) is 31.7 Å². The van der Waals surface area contributed by atoms with Gasteiger partial charge in [-0.15, -0.1) is 0 Å². The van der Waals surface area contributed by atoms with E-state index in [-0.39, 0.29) is 36.2 Å². The van der Waals surface area contributed by atoms with Crippen molar-refractivity contribution in [3.05, 3.63) is 24.3 Å². The first kappa shape index (κ1) is 22.4. The lowest BCUT2D eigenvalue weighted by Gasteiger charge is -2.32. The Bertz CT molecular complexity index is 865. The van der Waals surface area contributed by atoms with Crippen LogP contribution in [0.1, 0.15) is 26.7 Å². The molecular weight excluding hydrogens is 410 g/mol. The number of fused-ring (bicyclic) bond motifs is 1. The second kappa shape index (κ2) is 9.00. The Morgan fingerprint density at radius 1 is 0.969 bits per heavy atom. The zero-order valence-corrected chi connectivity index (χ0v) is 19.2. The molecule has 3 amide bonds. The predicted octanol–water partition coefficient (Wildman–Crippen LogP) is 1.64. The van der Waals surface area contributed by atoms with Gasteiger partial charge in [0.25, 0.3) is 5.91 Å². The van der Waals surface area contributed by atoms with Crippen molar-refractivity contribution in [1.29, 1.82) is 0 Å². The SMILES string of the molecule is COc1ccc(OCC(=O)N2C[C@@H]3CN(C(=O)C(C)C)C[C@]3(C(=O)N3CCCC3)C2)cc1. The van der Waals surface area contributed by atoms with Crippen molar-refractivity contribution in [3.8, 4) is 11.5 Å². The summed E-state index contributed by atoms with van der Waals surface area (Å²) in [7, 11) is 1.60. The van der Waals surface area contributed by atoms with Crippen LogP contribution in [-0.2, 0) is 14.4 Å². The van der Waals surface area contributed by atoms with Crippen molar-refractivity contribution >= 4 is 17.7 Å².